The Hall–Kier alpha value is -3.52. The number of halogens is 3. The monoisotopic (exact) mass is 544 g/mol. The van der Waals surface area contributed by atoms with Crippen LogP contribution < -0.4 is 10.1 Å². The van der Waals surface area contributed by atoms with Crippen LogP contribution in [0.25, 0.3) is 22.6 Å². The molecule has 2 N–H and O–H groups in total. The number of benzene rings is 3. The van der Waals surface area contributed by atoms with Crippen molar-refractivity contribution in [3.8, 4) is 28.3 Å². The number of amides is 1. The first-order valence-corrected chi connectivity index (χ1v) is 11.9. The summed E-state index contributed by atoms with van der Waals surface area (Å²) in [6, 6.07) is 18.5. The average molecular weight is 546 g/mol. The second kappa shape index (κ2) is 11.5. The third-order valence-corrected chi connectivity index (χ3v) is 6.02. The number of hydrogen-bond donors (Lipinski definition) is 2. The molecule has 7 nitrogen and oxygen atoms in total. The number of aliphatic carboxylic acids is 1. The summed E-state index contributed by atoms with van der Waals surface area (Å²) in [7, 11) is 0. The number of hydrogen-bond acceptors (Lipinski definition) is 5. The van der Waals surface area contributed by atoms with Crippen LogP contribution in [0.2, 0.25) is 15.1 Å². The van der Waals surface area contributed by atoms with Crippen LogP contribution in [0.3, 0.4) is 0 Å². The fourth-order valence-electron chi connectivity index (χ4n) is 3.49. The van der Waals surface area contributed by atoms with E-state index in [2.05, 4.69) is 10.5 Å². The quantitative estimate of drug-likeness (QED) is 0.236. The van der Waals surface area contributed by atoms with Gasteiger partial charge in [0.25, 0.3) is 5.91 Å². The molecular formula is C26H19Cl3N2O5. The Kier molecular flexibility index (Phi) is 8.15. The molecule has 184 valence electrons. The number of nitrogens with zero attached hydrogens (tertiary/aromatic N) is 1. The largest absolute Gasteiger partial charge is 0.490 e. The fraction of sp³-hybridized carbons (Fsp3) is 0.115. The minimum absolute atomic E-state index is 0.116. The molecule has 10 heteroatoms. The molecule has 1 heterocycles. The van der Waals surface area contributed by atoms with Crippen LogP contribution in [0.4, 0.5) is 0 Å². The molecule has 0 atom stereocenters. The van der Waals surface area contributed by atoms with E-state index < -0.39 is 11.9 Å². The van der Waals surface area contributed by atoms with Crippen molar-refractivity contribution in [3.63, 3.8) is 0 Å². The van der Waals surface area contributed by atoms with Gasteiger partial charge in [-0.05, 0) is 35.9 Å². The normalized spacial score (nSPS) is 10.8. The molecule has 4 aromatic rings. The lowest BCUT2D eigenvalue weighted by molar-refractivity contribution is -0.136. The van der Waals surface area contributed by atoms with Gasteiger partial charge in [-0.15, -0.1) is 0 Å². The van der Waals surface area contributed by atoms with E-state index in [1.165, 1.54) is 0 Å². The highest BCUT2D eigenvalue weighted by Crippen LogP contribution is 2.36. The van der Waals surface area contributed by atoms with Crippen LogP contribution >= 0.6 is 34.8 Å². The first-order chi connectivity index (χ1) is 17.3. The zero-order valence-corrected chi connectivity index (χ0v) is 20.9. The van der Waals surface area contributed by atoms with Gasteiger partial charge in [-0.3, -0.25) is 9.59 Å². The molecule has 1 amide bonds. The predicted molar refractivity (Wildman–Crippen MR) is 138 cm³/mol. The topological polar surface area (TPSA) is 102 Å². The third kappa shape index (κ3) is 5.99. The Morgan fingerprint density at radius 3 is 2.42 bits per heavy atom. The smallest absolute Gasteiger partial charge is 0.307 e. The molecule has 0 aliphatic carbocycles. The van der Waals surface area contributed by atoms with E-state index in [0.717, 1.165) is 0 Å². The Balaban J connectivity index is 1.58. The highest BCUT2D eigenvalue weighted by Gasteiger charge is 2.26. The van der Waals surface area contributed by atoms with Gasteiger partial charge in [0.2, 0.25) is 0 Å². The lowest BCUT2D eigenvalue weighted by Gasteiger charge is -2.10. The molecule has 0 fully saturated rings. The Labute approximate surface area is 221 Å². The first kappa shape index (κ1) is 25.6. The van der Waals surface area contributed by atoms with Crippen LogP contribution in [0, 0.1) is 0 Å². The maximum atomic E-state index is 13.3. The minimum atomic E-state index is -0.938. The fourth-order valence-corrected chi connectivity index (χ4v) is 4.17. The van der Waals surface area contributed by atoms with Crippen molar-refractivity contribution in [1.82, 2.24) is 10.5 Å². The van der Waals surface area contributed by atoms with Crippen molar-refractivity contribution < 1.29 is 24.0 Å². The van der Waals surface area contributed by atoms with E-state index in [0.29, 0.717) is 43.2 Å². The van der Waals surface area contributed by atoms with Gasteiger partial charge < -0.3 is 19.7 Å². The van der Waals surface area contributed by atoms with Crippen molar-refractivity contribution in [2.75, 3.05) is 13.2 Å². The van der Waals surface area contributed by atoms with E-state index in [-0.39, 0.29) is 30.9 Å². The van der Waals surface area contributed by atoms with Gasteiger partial charge in [0.05, 0.1) is 23.0 Å². The summed E-state index contributed by atoms with van der Waals surface area (Å²) in [5, 5.41) is 17.2. The lowest BCUT2D eigenvalue weighted by Crippen LogP contribution is -2.28. The standard InChI is InChI=1S/C26H19Cl3N2O5/c27-17-9-10-21(20(29)14-17)35-12-11-30-26(34)23-24(16-7-5-15(6-8-16)13-22(32)33)31-36-25(23)18-3-1-2-4-19(18)28/h1-10,14H,11-13H2,(H,30,34)(H,32,33). The Morgan fingerprint density at radius 1 is 0.972 bits per heavy atom. The summed E-state index contributed by atoms with van der Waals surface area (Å²) in [6.07, 6.45) is -0.116. The molecular weight excluding hydrogens is 527 g/mol. The van der Waals surface area contributed by atoms with Gasteiger partial charge in [-0.2, -0.15) is 0 Å². The van der Waals surface area contributed by atoms with Crippen molar-refractivity contribution in [2.24, 2.45) is 0 Å². The second-order valence-electron chi connectivity index (χ2n) is 7.66. The van der Waals surface area contributed by atoms with E-state index in [1.54, 1.807) is 66.7 Å². The van der Waals surface area contributed by atoms with Crippen LogP contribution in [0.15, 0.2) is 71.3 Å². The molecule has 0 radical (unpaired) electrons. The van der Waals surface area contributed by atoms with Crippen LogP contribution in [-0.2, 0) is 11.2 Å². The number of aromatic nitrogens is 1. The van der Waals surface area contributed by atoms with Crippen molar-refractivity contribution in [3.05, 3.63) is 92.9 Å². The molecule has 36 heavy (non-hydrogen) atoms. The number of carboxylic acid groups (broad SMARTS) is 1. The van der Waals surface area contributed by atoms with Crippen LogP contribution in [0.1, 0.15) is 15.9 Å². The van der Waals surface area contributed by atoms with E-state index in [4.69, 9.17) is 49.2 Å². The van der Waals surface area contributed by atoms with E-state index in [9.17, 15) is 9.59 Å². The molecule has 0 saturated carbocycles. The van der Waals surface area contributed by atoms with Gasteiger partial charge in [-0.25, -0.2) is 0 Å². The number of carboxylic acids is 1. The molecule has 0 saturated heterocycles. The number of rotatable bonds is 9. The highest BCUT2D eigenvalue weighted by atomic mass is 35.5. The van der Waals surface area contributed by atoms with Crippen LogP contribution in [0.5, 0.6) is 5.75 Å². The second-order valence-corrected chi connectivity index (χ2v) is 8.91. The van der Waals surface area contributed by atoms with Gasteiger partial charge in [-0.1, -0.05) is 76.4 Å². The summed E-state index contributed by atoms with van der Waals surface area (Å²) in [4.78, 5) is 24.3. The predicted octanol–water partition coefficient (Wildman–Crippen LogP) is 6.40. The molecule has 1 aromatic heterocycles. The van der Waals surface area contributed by atoms with Crippen molar-refractivity contribution in [1.29, 1.82) is 0 Å². The molecule has 0 aliphatic rings. The summed E-state index contributed by atoms with van der Waals surface area (Å²) in [6.45, 7) is 0.320. The summed E-state index contributed by atoms with van der Waals surface area (Å²) >= 11 is 18.4. The molecule has 0 unspecified atom stereocenters. The molecule has 0 aliphatic heterocycles. The zero-order chi connectivity index (χ0) is 25.7. The first-order valence-electron chi connectivity index (χ1n) is 10.7. The molecule has 0 bridgehead atoms. The Morgan fingerprint density at radius 2 is 1.72 bits per heavy atom. The minimum Gasteiger partial charge on any atom is -0.490 e. The van der Waals surface area contributed by atoms with Crippen LogP contribution in [-0.4, -0.2) is 35.3 Å². The maximum Gasteiger partial charge on any atom is 0.307 e. The lowest BCUT2D eigenvalue weighted by atomic mass is 10.00. The average Bonchev–Trinajstić information content (AvgIpc) is 3.28. The summed E-state index contributed by atoms with van der Waals surface area (Å²) in [5.74, 6) is -0.725. The zero-order valence-electron chi connectivity index (χ0n) is 18.6. The molecule has 3 aromatic carbocycles. The van der Waals surface area contributed by atoms with Crippen molar-refractivity contribution in [2.45, 2.75) is 6.42 Å². The van der Waals surface area contributed by atoms with E-state index >= 15 is 0 Å². The van der Waals surface area contributed by atoms with Gasteiger partial charge in [0, 0.05) is 16.1 Å². The molecule has 4 rings (SSSR count). The van der Waals surface area contributed by atoms with E-state index in [1.807, 2.05) is 0 Å². The maximum absolute atomic E-state index is 13.3. The van der Waals surface area contributed by atoms with Gasteiger partial charge in [0.15, 0.2) is 5.76 Å². The number of carbonyl (C=O) groups is 2. The summed E-state index contributed by atoms with van der Waals surface area (Å²) < 4.78 is 11.2. The SMILES string of the molecule is O=C(O)Cc1ccc(-c2noc(-c3ccccc3Cl)c2C(=O)NCCOc2ccc(Cl)cc2Cl)cc1. The van der Waals surface area contributed by atoms with Gasteiger partial charge >= 0.3 is 5.97 Å². The van der Waals surface area contributed by atoms with Crippen molar-refractivity contribution >= 4 is 46.7 Å². The van der Waals surface area contributed by atoms with Gasteiger partial charge in [0.1, 0.15) is 23.6 Å². The Bertz CT molecular complexity index is 1400. The molecule has 0 spiro atoms. The summed E-state index contributed by atoms with van der Waals surface area (Å²) in [5.41, 5.74) is 2.20. The number of ether oxygens (including phenoxy) is 1. The number of carbonyl (C=O) groups excluding carboxylic acids is 1. The highest BCUT2D eigenvalue weighted by molar-refractivity contribution is 6.35. The third-order valence-electron chi connectivity index (χ3n) is 5.16. The number of nitrogens with one attached hydrogen (secondary N) is 1.